The largest absolute Gasteiger partial charge is 0.418 e. The third-order valence-electron chi connectivity index (χ3n) is 5.74. The number of anilines is 1. The van der Waals surface area contributed by atoms with Crippen LogP contribution in [0.3, 0.4) is 0 Å². The number of fused-ring (bicyclic) bond motifs is 1. The molecular formula is C22H22F3N3O3S. The molecule has 1 saturated heterocycles. The van der Waals surface area contributed by atoms with Crippen molar-refractivity contribution in [3.8, 4) is 0 Å². The number of aliphatic hydroxyl groups excluding tert-OH is 1. The minimum Gasteiger partial charge on any atom is -0.388 e. The molecule has 1 aromatic heterocycles. The highest BCUT2D eigenvalue weighted by Gasteiger charge is 2.36. The second kappa shape index (κ2) is 9.05. The molecule has 0 amide bonds. The minimum atomic E-state index is -4.69. The molecule has 10 heteroatoms. The van der Waals surface area contributed by atoms with Gasteiger partial charge in [-0.05, 0) is 41.3 Å². The Morgan fingerprint density at radius 2 is 2.06 bits per heavy atom. The maximum atomic E-state index is 13.4. The van der Waals surface area contributed by atoms with Crippen LogP contribution in [0, 0.1) is 10.1 Å². The Kier molecular flexibility index (Phi) is 6.36. The van der Waals surface area contributed by atoms with E-state index in [1.54, 1.807) is 11.3 Å². The highest BCUT2D eigenvalue weighted by Crippen LogP contribution is 2.38. The molecule has 0 radical (unpaired) electrons. The van der Waals surface area contributed by atoms with Crippen molar-refractivity contribution >= 4 is 32.8 Å². The number of benzene rings is 2. The summed E-state index contributed by atoms with van der Waals surface area (Å²) in [4.78, 5) is 12.1. The van der Waals surface area contributed by atoms with Crippen LogP contribution >= 0.6 is 11.3 Å². The molecule has 2 atom stereocenters. The molecule has 0 aliphatic carbocycles. The molecule has 1 aliphatic rings. The summed E-state index contributed by atoms with van der Waals surface area (Å²) in [6.45, 7) is 1.85. The van der Waals surface area contributed by atoms with E-state index in [4.69, 9.17) is 0 Å². The van der Waals surface area contributed by atoms with Gasteiger partial charge in [0.25, 0.3) is 5.69 Å². The molecule has 2 heterocycles. The number of thiophene rings is 1. The number of nitro groups is 1. The minimum absolute atomic E-state index is 0.153. The van der Waals surface area contributed by atoms with E-state index in [0.717, 1.165) is 27.8 Å². The topological polar surface area (TPSA) is 78.6 Å². The maximum absolute atomic E-state index is 13.4. The van der Waals surface area contributed by atoms with Crippen molar-refractivity contribution in [1.82, 2.24) is 4.90 Å². The number of alkyl halides is 3. The van der Waals surface area contributed by atoms with Gasteiger partial charge in [0.2, 0.25) is 0 Å². The van der Waals surface area contributed by atoms with Gasteiger partial charge in [-0.1, -0.05) is 18.2 Å². The number of nitrogens with one attached hydrogen (secondary N) is 1. The Hall–Kier alpha value is -2.69. The molecule has 2 aromatic carbocycles. The summed E-state index contributed by atoms with van der Waals surface area (Å²) in [5.74, 6) is 0. The van der Waals surface area contributed by atoms with Gasteiger partial charge >= 0.3 is 6.18 Å². The molecule has 170 valence electrons. The van der Waals surface area contributed by atoms with E-state index in [1.807, 2.05) is 29.6 Å². The number of rotatable bonds is 7. The lowest BCUT2D eigenvalue weighted by atomic mass is 10.1. The van der Waals surface area contributed by atoms with Crippen LogP contribution in [0.2, 0.25) is 0 Å². The summed E-state index contributed by atoms with van der Waals surface area (Å²) in [6, 6.07) is 10.5. The van der Waals surface area contributed by atoms with Crippen molar-refractivity contribution in [3.05, 3.63) is 69.1 Å². The molecule has 0 saturated carbocycles. The van der Waals surface area contributed by atoms with E-state index < -0.39 is 28.5 Å². The van der Waals surface area contributed by atoms with Crippen molar-refractivity contribution < 1.29 is 23.2 Å². The second-order valence-electron chi connectivity index (χ2n) is 7.91. The quantitative estimate of drug-likeness (QED) is 0.359. The highest BCUT2D eigenvalue weighted by molar-refractivity contribution is 7.17. The van der Waals surface area contributed by atoms with Crippen molar-refractivity contribution in [2.24, 2.45) is 0 Å². The Morgan fingerprint density at radius 1 is 1.28 bits per heavy atom. The molecule has 4 rings (SSSR count). The van der Waals surface area contributed by atoms with E-state index in [0.29, 0.717) is 38.5 Å². The van der Waals surface area contributed by atoms with Gasteiger partial charge in [0, 0.05) is 48.2 Å². The van der Waals surface area contributed by atoms with Crippen molar-refractivity contribution in [2.75, 3.05) is 25.0 Å². The number of aliphatic hydroxyl groups is 1. The van der Waals surface area contributed by atoms with Crippen LogP contribution in [0.15, 0.2) is 47.8 Å². The van der Waals surface area contributed by atoms with Crippen LogP contribution in [-0.4, -0.2) is 40.6 Å². The van der Waals surface area contributed by atoms with E-state index >= 15 is 0 Å². The Bertz CT molecular complexity index is 1120. The fraction of sp³-hybridized carbons (Fsp3) is 0.364. The van der Waals surface area contributed by atoms with E-state index in [1.165, 1.54) is 0 Å². The first-order valence-electron chi connectivity index (χ1n) is 10.2. The highest BCUT2D eigenvalue weighted by atomic mass is 32.1. The molecule has 1 fully saturated rings. The van der Waals surface area contributed by atoms with Crippen LogP contribution in [0.25, 0.3) is 10.1 Å². The molecule has 2 N–H and O–H groups in total. The number of nitrogens with zero attached hydrogens (tertiary/aromatic N) is 2. The van der Waals surface area contributed by atoms with Crippen molar-refractivity contribution in [1.29, 1.82) is 0 Å². The smallest absolute Gasteiger partial charge is 0.388 e. The number of hydrogen-bond donors (Lipinski definition) is 2. The lowest BCUT2D eigenvalue weighted by molar-refractivity contribution is -0.385. The fourth-order valence-electron chi connectivity index (χ4n) is 4.10. The predicted octanol–water partition coefficient (Wildman–Crippen LogP) is 5.44. The first-order chi connectivity index (χ1) is 15.2. The second-order valence-corrected chi connectivity index (χ2v) is 8.82. The third kappa shape index (κ3) is 4.87. The Morgan fingerprint density at radius 3 is 2.81 bits per heavy atom. The molecule has 1 unspecified atom stereocenters. The molecule has 3 aromatic rings. The number of halogens is 3. The van der Waals surface area contributed by atoms with Gasteiger partial charge in [0.05, 0.1) is 16.6 Å². The Balaban J connectivity index is 1.36. The van der Waals surface area contributed by atoms with E-state index in [9.17, 15) is 28.4 Å². The summed E-state index contributed by atoms with van der Waals surface area (Å²) >= 11 is 1.59. The van der Waals surface area contributed by atoms with Gasteiger partial charge in [0.15, 0.2) is 0 Å². The summed E-state index contributed by atoms with van der Waals surface area (Å²) < 4.78 is 41.3. The molecule has 0 bridgehead atoms. The van der Waals surface area contributed by atoms with Gasteiger partial charge < -0.3 is 15.3 Å². The van der Waals surface area contributed by atoms with Gasteiger partial charge in [-0.25, -0.2) is 0 Å². The fourth-order valence-corrected chi connectivity index (χ4v) is 5.10. The van der Waals surface area contributed by atoms with Crippen LogP contribution in [0.1, 0.15) is 30.1 Å². The first kappa shape index (κ1) is 22.5. The zero-order chi connectivity index (χ0) is 22.9. The van der Waals surface area contributed by atoms with Crippen molar-refractivity contribution in [3.63, 3.8) is 0 Å². The van der Waals surface area contributed by atoms with Crippen LogP contribution in [0.4, 0.5) is 24.5 Å². The van der Waals surface area contributed by atoms with Crippen LogP contribution in [-0.2, 0) is 6.18 Å². The normalized spacial score (nSPS) is 18.2. The molecule has 32 heavy (non-hydrogen) atoms. The molecule has 6 nitrogen and oxygen atoms in total. The lowest BCUT2D eigenvalue weighted by Gasteiger charge is -2.20. The van der Waals surface area contributed by atoms with Gasteiger partial charge in [0.1, 0.15) is 0 Å². The maximum Gasteiger partial charge on any atom is 0.418 e. The van der Waals surface area contributed by atoms with Crippen LogP contribution in [0.5, 0.6) is 0 Å². The number of likely N-dealkylation sites (tertiary alicyclic amines) is 1. The average Bonchev–Trinajstić information content (AvgIpc) is 3.38. The molecule has 1 aliphatic heterocycles. The number of nitro benzene ring substituents is 1. The summed E-state index contributed by atoms with van der Waals surface area (Å²) in [7, 11) is 0. The summed E-state index contributed by atoms with van der Waals surface area (Å²) in [5, 5.41) is 27.4. The third-order valence-corrected chi connectivity index (χ3v) is 6.72. The standard InChI is InChI=1S/C22H22F3N3O3S/c23-22(24,25)18-11-15(28(30)31)5-6-19(18)26-14-7-9-27(12-14)10-8-20(29)17-13-32-21-4-2-1-3-16(17)21/h1-6,11,13-14,20,26,29H,7-10,12H2/t14-,20?/m1/s1. The number of non-ortho nitro benzene ring substituents is 1. The van der Waals surface area contributed by atoms with Gasteiger partial charge in [-0.3, -0.25) is 10.1 Å². The summed E-state index contributed by atoms with van der Waals surface area (Å²) in [6.07, 6.45) is -4.13. The zero-order valence-electron chi connectivity index (χ0n) is 17.0. The number of hydrogen-bond acceptors (Lipinski definition) is 6. The van der Waals surface area contributed by atoms with Gasteiger partial charge in [-0.15, -0.1) is 11.3 Å². The molecule has 0 spiro atoms. The van der Waals surface area contributed by atoms with E-state index in [2.05, 4.69) is 10.2 Å². The average molecular weight is 465 g/mol. The van der Waals surface area contributed by atoms with Crippen molar-refractivity contribution in [2.45, 2.75) is 31.2 Å². The monoisotopic (exact) mass is 465 g/mol. The predicted molar refractivity (Wildman–Crippen MR) is 118 cm³/mol. The lowest BCUT2D eigenvalue weighted by Crippen LogP contribution is -2.28. The molecular weight excluding hydrogens is 443 g/mol. The SMILES string of the molecule is O=[N+]([O-])c1ccc(N[C@@H]2CCN(CCC(O)c3csc4ccccc34)C2)c(C(F)(F)F)c1. The van der Waals surface area contributed by atoms with Gasteiger partial charge in [-0.2, -0.15) is 13.2 Å². The summed E-state index contributed by atoms with van der Waals surface area (Å²) in [5.41, 5.74) is -0.879. The van der Waals surface area contributed by atoms with Crippen LogP contribution < -0.4 is 5.32 Å². The van der Waals surface area contributed by atoms with E-state index in [-0.39, 0.29) is 11.7 Å². The first-order valence-corrected chi connectivity index (χ1v) is 11.1. The zero-order valence-corrected chi connectivity index (χ0v) is 17.8. The Labute approximate surface area is 186 Å².